The van der Waals surface area contributed by atoms with Crippen LogP contribution >= 0.6 is 11.8 Å². The minimum atomic E-state index is 0.827. The Hall–Kier alpha value is -6.03. The van der Waals surface area contributed by atoms with Crippen molar-refractivity contribution in [2.45, 2.75) is 9.79 Å². The second-order valence-corrected chi connectivity index (χ2v) is 13.5. The number of hydrogen-bond donors (Lipinski definition) is 0. The number of para-hydroxylation sites is 2. The van der Waals surface area contributed by atoms with Gasteiger partial charge in [-0.15, -0.1) is 0 Å². The molecule has 0 saturated heterocycles. The Bertz CT molecular complexity index is 2690. The van der Waals surface area contributed by atoms with Crippen molar-refractivity contribution in [2.24, 2.45) is 0 Å². The topological polar surface area (TPSA) is 22.4 Å². The number of furan rings is 1. The number of ether oxygens (including phenoxy) is 1. The van der Waals surface area contributed by atoms with E-state index in [2.05, 4.69) is 140 Å². The van der Waals surface area contributed by atoms with Gasteiger partial charge in [-0.1, -0.05) is 139 Å². The van der Waals surface area contributed by atoms with E-state index in [4.69, 9.17) is 9.15 Å². The molecule has 8 aromatic carbocycles. The maximum Gasteiger partial charge on any atom is 0.149 e. The van der Waals surface area contributed by atoms with Crippen molar-refractivity contribution >= 4 is 44.1 Å². The average Bonchev–Trinajstić information content (AvgIpc) is 3.68. The van der Waals surface area contributed by atoms with Crippen LogP contribution in [0.5, 0.6) is 11.5 Å². The quantitative estimate of drug-likeness (QED) is 0.178. The lowest BCUT2D eigenvalue weighted by Gasteiger charge is -2.23. The van der Waals surface area contributed by atoms with Gasteiger partial charge in [0.15, 0.2) is 0 Å². The monoisotopic (exact) mass is 644 g/mol. The molecule has 9 aromatic rings. The van der Waals surface area contributed by atoms with Crippen LogP contribution in [0.2, 0.25) is 0 Å². The van der Waals surface area contributed by atoms with Gasteiger partial charge in [-0.2, -0.15) is 0 Å². The molecule has 10 rings (SSSR count). The van der Waals surface area contributed by atoms with Crippen LogP contribution in [-0.4, -0.2) is 0 Å². The molecular weight excluding hydrogens is 617 g/mol. The molecule has 0 fully saturated rings. The highest BCUT2D eigenvalue weighted by molar-refractivity contribution is 7.99. The van der Waals surface area contributed by atoms with Crippen LogP contribution in [0.3, 0.4) is 0 Å². The van der Waals surface area contributed by atoms with Crippen LogP contribution in [0.4, 0.5) is 0 Å². The maximum atomic E-state index is 6.69. The Balaban J connectivity index is 1.20. The second kappa shape index (κ2) is 11.3. The molecule has 1 aromatic heterocycles. The molecule has 0 spiro atoms. The fourth-order valence-electron chi connectivity index (χ4n) is 7.26. The molecule has 1 aliphatic heterocycles. The maximum absolute atomic E-state index is 6.69. The van der Waals surface area contributed by atoms with Gasteiger partial charge in [0.1, 0.15) is 23.0 Å². The van der Waals surface area contributed by atoms with Crippen LogP contribution in [0.1, 0.15) is 0 Å². The fraction of sp³-hybridized carbons (Fsp3) is 0. The average molecular weight is 645 g/mol. The van der Waals surface area contributed by atoms with Gasteiger partial charge in [0, 0.05) is 16.7 Å². The van der Waals surface area contributed by atoms with Crippen LogP contribution in [0, 0.1) is 0 Å². The Morgan fingerprint density at radius 2 is 0.959 bits per heavy atom. The van der Waals surface area contributed by atoms with Crippen LogP contribution in [0.25, 0.3) is 77.2 Å². The summed E-state index contributed by atoms with van der Waals surface area (Å²) in [6.07, 6.45) is 0. The van der Waals surface area contributed by atoms with E-state index >= 15 is 0 Å². The SMILES string of the molecule is c1ccc(-c2ccc(-c3ccc(-c4ccc5c6ccccc6c6ccccc6c5c4)c(-c4cccc5c4Oc4ccccc4S5)c3)o2)cc1. The zero-order valence-corrected chi connectivity index (χ0v) is 27.2. The zero-order chi connectivity index (χ0) is 32.3. The summed E-state index contributed by atoms with van der Waals surface area (Å²) in [6, 6.07) is 60.2. The lowest BCUT2D eigenvalue weighted by Crippen LogP contribution is -1.98. The standard InChI is InChI=1S/C46H28O2S/c1-2-11-29(12-3-1)41-25-26-42(47-41)31-22-23-32(39(28-31)38-17-10-20-45-46(38)48-43-18-8-9-19-44(43)49-45)30-21-24-37-35-15-5-4-13-33(35)34-14-6-7-16-36(34)40(37)27-30/h1-28H. The van der Waals surface area contributed by atoms with Gasteiger partial charge in [-0.25, -0.2) is 0 Å². The van der Waals surface area contributed by atoms with Gasteiger partial charge in [0.05, 0.1) is 9.79 Å². The van der Waals surface area contributed by atoms with E-state index in [1.54, 1.807) is 11.8 Å². The molecule has 0 unspecified atom stereocenters. The van der Waals surface area contributed by atoms with E-state index in [1.807, 2.05) is 30.3 Å². The van der Waals surface area contributed by atoms with E-state index in [1.165, 1.54) is 32.3 Å². The molecule has 0 amide bonds. The third-order valence-corrected chi connectivity index (χ3v) is 10.7. The van der Waals surface area contributed by atoms with Crippen molar-refractivity contribution in [2.75, 3.05) is 0 Å². The molecule has 1 aliphatic rings. The van der Waals surface area contributed by atoms with Gasteiger partial charge in [-0.05, 0) is 91.5 Å². The lowest BCUT2D eigenvalue weighted by molar-refractivity contribution is 0.456. The summed E-state index contributed by atoms with van der Waals surface area (Å²) < 4.78 is 13.2. The smallest absolute Gasteiger partial charge is 0.149 e. The van der Waals surface area contributed by atoms with E-state index < -0.39 is 0 Å². The van der Waals surface area contributed by atoms with Crippen LogP contribution in [-0.2, 0) is 0 Å². The third-order valence-electron chi connectivity index (χ3n) is 9.57. The molecule has 230 valence electrons. The zero-order valence-electron chi connectivity index (χ0n) is 26.4. The molecule has 0 N–H and O–H groups in total. The second-order valence-electron chi connectivity index (χ2n) is 12.4. The van der Waals surface area contributed by atoms with Gasteiger partial charge in [0.2, 0.25) is 0 Å². The molecule has 2 heterocycles. The number of rotatable bonds is 4. The highest BCUT2D eigenvalue weighted by atomic mass is 32.2. The molecule has 0 bridgehead atoms. The minimum Gasteiger partial charge on any atom is -0.456 e. The van der Waals surface area contributed by atoms with Crippen molar-refractivity contribution in [3.63, 3.8) is 0 Å². The highest BCUT2D eigenvalue weighted by Gasteiger charge is 2.23. The number of benzene rings is 8. The van der Waals surface area contributed by atoms with E-state index in [-0.39, 0.29) is 0 Å². The predicted octanol–water partition coefficient (Wildman–Crippen LogP) is 13.7. The van der Waals surface area contributed by atoms with E-state index in [0.29, 0.717) is 0 Å². The normalized spacial score (nSPS) is 12.2. The first kappa shape index (κ1) is 28.0. The van der Waals surface area contributed by atoms with Gasteiger partial charge < -0.3 is 9.15 Å². The van der Waals surface area contributed by atoms with Crippen molar-refractivity contribution < 1.29 is 9.15 Å². The van der Waals surface area contributed by atoms with Crippen molar-refractivity contribution in [3.8, 4) is 56.4 Å². The highest BCUT2D eigenvalue weighted by Crippen LogP contribution is 2.52. The Labute approximate surface area is 288 Å². The first-order chi connectivity index (χ1) is 24.3. The summed E-state index contributed by atoms with van der Waals surface area (Å²) in [6.45, 7) is 0. The van der Waals surface area contributed by atoms with Crippen molar-refractivity contribution in [1.82, 2.24) is 0 Å². The summed E-state index contributed by atoms with van der Waals surface area (Å²) in [5, 5.41) is 7.58. The van der Waals surface area contributed by atoms with Gasteiger partial charge >= 0.3 is 0 Å². The molecule has 49 heavy (non-hydrogen) atoms. The summed E-state index contributed by atoms with van der Waals surface area (Å²) in [4.78, 5) is 2.23. The van der Waals surface area contributed by atoms with Gasteiger partial charge in [0.25, 0.3) is 0 Å². The summed E-state index contributed by atoms with van der Waals surface area (Å²) in [5.74, 6) is 3.44. The summed E-state index contributed by atoms with van der Waals surface area (Å²) in [5.41, 5.74) is 6.51. The van der Waals surface area contributed by atoms with E-state index in [0.717, 1.165) is 66.2 Å². The minimum absolute atomic E-state index is 0.827. The van der Waals surface area contributed by atoms with Crippen molar-refractivity contribution in [1.29, 1.82) is 0 Å². The Morgan fingerprint density at radius 1 is 0.347 bits per heavy atom. The van der Waals surface area contributed by atoms with Crippen molar-refractivity contribution in [3.05, 3.63) is 170 Å². The molecule has 0 aliphatic carbocycles. The Morgan fingerprint density at radius 3 is 1.73 bits per heavy atom. The molecule has 3 heteroatoms. The largest absolute Gasteiger partial charge is 0.456 e. The molecule has 0 atom stereocenters. The first-order valence-electron chi connectivity index (χ1n) is 16.5. The third kappa shape index (κ3) is 4.66. The molecular formula is C46H28O2S. The molecule has 2 nitrogen and oxygen atoms in total. The molecule has 0 saturated carbocycles. The number of fused-ring (bicyclic) bond motifs is 8. The summed E-state index contributed by atoms with van der Waals surface area (Å²) >= 11 is 1.76. The van der Waals surface area contributed by atoms with Gasteiger partial charge in [-0.3, -0.25) is 0 Å². The van der Waals surface area contributed by atoms with Crippen LogP contribution in [0.15, 0.2) is 184 Å². The number of hydrogen-bond acceptors (Lipinski definition) is 3. The lowest BCUT2D eigenvalue weighted by atomic mass is 9.88. The summed E-state index contributed by atoms with van der Waals surface area (Å²) in [7, 11) is 0. The predicted molar refractivity (Wildman–Crippen MR) is 204 cm³/mol. The van der Waals surface area contributed by atoms with Crippen LogP contribution < -0.4 is 4.74 Å². The first-order valence-corrected chi connectivity index (χ1v) is 17.3. The Kier molecular flexibility index (Phi) is 6.46. The molecule has 0 radical (unpaired) electrons. The fourth-order valence-corrected chi connectivity index (χ4v) is 8.24. The van der Waals surface area contributed by atoms with E-state index in [9.17, 15) is 0 Å².